The zero-order valence-electron chi connectivity index (χ0n) is 10.1. The van der Waals surface area contributed by atoms with Gasteiger partial charge in [0.2, 0.25) is 0 Å². The van der Waals surface area contributed by atoms with Gasteiger partial charge in [-0.05, 0) is 13.0 Å². The standard InChI is InChI=1S/C13H13FN2O2/c1-8-13(9-5-3-4-6-10(9)14)11(7-12(17)18)16(2)15-8/h3-6H,7H2,1-2H3,(H,17,18). The molecule has 2 aromatic rings. The minimum Gasteiger partial charge on any atom is -0.481 e. The molecule has 1 N–H and O–H groups in total. The summed E-state index contributed by atoms with van der Waals surface area (Å²) in [5, 5.41) is 13.1. The molecule has 1 aromatic heterocycles. The predicted molar refractivity (Wildman–Crippen MR) is 64.7 cm³/mol. The van der Waals surface area contributed by atoms with Crippen LogP contribution in [0.15, 0.2) is 24.3 Å². The maximum atomic E-state index is 13.8. The molecule has 0 saturated carbocycles. The van der Waals surface area contributed by atoms with Crippen molar-refractivity contribution < 1.29 is 14.3 Å². The first-order valence-electron chi connectivity index (χ1n) is 5.50. The van der Waals surface area contributed by atoms with Gasteiger partial charge in [-0.2, -0.15) is 5.10 Å². The molecule has 0 aliphatic heterocycles. The lowest BCUT2D eigenvalue weighted by Gasteiger charge is -2.05. The molecular weight excluding hydrogens is 235 g/mol. The van der Waals surface area contributed by atoms with Gasteiger partial charge in [-0.15, -0.1) is 0 Å². The Labute approximate surface area is 104 Å². The van der Waals surface area contributed by atoms with Crippen molar-refractivity contribution in [3.63, 3.8) is 0 Å². The Bertz CT molecular complexity index is 605. The monoisotopic (exact) mass is 248 g/mol. The summed E-state index contributed by atoms with van der Waals surface area (Å²) in [6, 6.07) is 6.30. The summed E-state index contributed by atoms with van der Waals surface area (Å²) < 4.78 is 15.3. The molecule has 0 bridgehead atoms. The second kappa shape index (κ2) is 4.60. The normalized spacial score (nSPS) is 10.6. The first kappa shape index (κ1) is 12.3. The fourth-order valence-corrected chi connectivity index (χ4v) is 2.07. The smallest absolute Gasteiger partial charge is 0.309 e. The minimum atomic E-state index is -0.962. The largest absolute Gasteiger partial charge is 0.481 e. The van der Waals surface area contributed by atoms with Crippen LogP contribution >= 0.6 is 0 Å². The van der Waals surface area contributed by atoms with E-state index >= 15 is 0 Å². The van der Waals surface area contributed by atoms with E-state index in [1.54, 1.807) is 32.2 Å². The molecule has 0 saturated heterocycles. The molecule has 18 heavy (non-hydrogen) atoms. The highest BCUT2D eigenvalue weighted by Gasteiger charge is 2.19. The van der Waals surface area contributed by atoms with Crippen LogP contribution in [0.25, 0.3) is 11.1 Å². The van der Waals surface area contributed by atoms with Crippen molar-refractivity contribution in [3.05, 3.63) is 41.5 Å². The van der Waals surface area contributed by atoms with E-state index in [0.717, 1.165) is 0 Å². The summed E-state index contributed by atoms with van der Waals surface area (Å²) in [6.07, 6.45) is -0.180. The summed E-state index contributed by atoms with van der Waals surface area (Å²) in [7, 11) is 1.66. The van der Waals surface area contributed by atoms with Gasteiger partial charge >= 0.3 is 5.97 Å². The number of carboxylic acids is 1. The number of hydrogen-bond acceptors (Lipinski definition) is 2. The minimum absolute atomic E-state index is 0.180. The fourth-order valence-electron chi connectivity index (χ4n) is 2.07. The van der Waals surface area contributed by atoms with Crippen molar-refractivity contribution in [2.45, 2.75) is 13.3 Å². The Balaban J connectivity index is 2.63. The van der Waals surface area contributed by atoms with E-state index < -0.39 is 5.97 Å². The number of hydrogen-bond donors (Lipinski definition) is 1. The molecule has 0 radical (unpaired) electrons. The number of aliphatic carboxylic acids is 1. The Morgan fingerprint density at radius 3 is 2.72 bits per heavy atom. The average Bonchev–Trinajstić information content (AvgIpc) is 2.55. The van der Waals surface area contributed by atoms with Gasteiger partial charge in [0.1, 0.15) is 5.82 Å². The van der Waals surface area contributed by atoms with Crippen molar-refractivity contribution in [3.8, 4) is 11.1 Å². The number of aromatic nitrogens is 2. The molecule has 94 valence electrons. The number of carboxylic acid groups (broad SMARTS) is 1. The molecule has 4 nitrogen and oxygen atoms in total. The summed E-state index contributed by atoms with van der Waals surface area (Å²) >= 11 is 0. The molecule has 0 unspecified atom stereocenters. The molecule has 0 atom stereocenters. The summed E-state index contributed by atoms with van der Waals surface area (Å²) in [5.41, 5.74) is 2.08. The highest BCUT2D eigenvalue weighted by Crippen LogP contribution is 2.29. The highest BCUT2D eigenvalue weighted by atomic mass is 19.1. The summed E-state index contributed by atoms with van der Waals surface area (Å²) in [5.74, 6) is -1.34. The van der Waals surface area contributed by atoms with Gasteiger partial charge in [0.25, 0.3) is 0 Å². The lowest BCUT2D eigenvalue weighted by Crippen LogP contribution is -2.07. The van der Waals surface area contributed by atoms with Gasteiger partial charge in [0, 0.05) is 18.2 Å². The zero-order chi connectivity index (χ0) is 13.3. The first-order chi connectivity index (χ1) is 8.50. The number of nitrogens with zero attached hydrogens (tertiary/aromatic N) is 2. The highest BCUT2D eigenvalue weighted by molar-refractivity contribution is 5.77. The molecule has 0 amide bonds. The van der Waals surface area contributed by atoms with Crippen LogP contribution < -0.4 is 0 Å². The van der Waals surface area contributed by atoms with Gasteiger partial charge in [-0.25, -0.2) is 4.39 Å². The Kier molecular flexibility index (Phi) is 3.14. The van der Waals surface area contributed by atoms with E-state index in [1.165, 1.54) is 10.7 Å². The van der Waals surface area contributed by atoms with Crippen LogP contribution in [0, 0.1) is 12.7 Å². The number of aryl methyl sites for hydroxylation is 2. The van der Waals surface area contributed by atoms with Crippen LogP contribution in [0.3, 0.4) is 0 Å². The molecule has 5 heteroatoms. The summed E-state index contributed by atoms with van der Waals surface area (Å²) in [6.45, 7) is 1.74. The van der Waals surface area contributed by atoms with Crippen molar-refractivity contribution in [1.82, 2.24) is 9.78 Å². The first-order valence-corrected chi connectivity index (χ1v) is 5.50. The van der Waals surface area contributed by atoms with E-state index in [0.29, 0.717) is 22.5 Å². The SMILES string of the molecule is Cc1nn(C)c(CC(=O)O)c1-c1ccccc1F. The van der Waals surface area contributed by atoms with E-state index in [1.807, 2.05) is 0 Å². The fraction of sp³-hybridized carbons (Fsp3) is 0.231. The second-order valence-electron chi connectivity index (χ2n) is 4.08. The van der Waals surface area contributed by atoms with Gasteiger partial charge < -0.3 is 5.11 Å². The quantitative estimate of drug-likeness (QED) is 0.905. The van der Waals surface area contributed by atoms with Gasteiger partial charge in [0.15, 0.2) is 0 Å². The lowest BCUT2D eigenvalue weighted by molar-refractivity contribution is -0.136. The topological polar surface area (TPSA) is 55.1 Å². The maximum Gasteiger partial charge on any atom is 0.309 e. The van der Waals surface area contributed by atoms with Crippen LogP contribution in [-0.4, -0.2) is 20.9 Å². The van der Waals surface area contributed by atoms with Crippen molar-refractivity contribution in [1.29, 1.82) is 0 Å². The van der Waals surface area contributed by atoms with Crippen LogP contribution in [-0.2, 0) is 18.3 Å². The zero-order valence-corrected chi connectivity index (χ0v) is 10.1. The molecule has 2 rings (SSSR count). The predicted octanol–water partition coefficient (Wildman–Crippen LogP) is 2.16. The average molecular weight is 248 g/mol. The van der Waals surface area contributed by atoms with Gasteiger partial charge in [0.05, 0.1) is 17.8 Å². The Morgan fingerprint density at radius 1 is 1.44 bits per heavy atom. The van der Waals surface area contributed by atoms with E-state index in [2.05, 4.69) is 5.10 Å². The molecular formula is C13H13FN2O2. The molecule has 0 aliphatic rings. The summed E-state index contributed by atoms with van der Waals surface area (Å²) in [4.78, 5) is 10.9. The molecule has 1 aromatic carbocycles. The van der Waals surface area contributed by atoms with Crippen LogP contribution in [0.5, 0.6) is 0 Å². The number of carbonyl (C=O) groups is 1. The molecule has 0 fully saturated rings. The molecule has 1 heterocycles. The van der Waals surface area contributed by atoms with Crippen LogP contribution in [0.1, 0.15) is 11.4 Å². The van der Waals surface area contributed by atoms with Crippen molar-refractivity contribution >= 4 is 5.97 Å². The van der Waals surface area contributed by atoms with Crippen LogP contribution in [0.4, 0.5) is 4.39 Å². The molecule has 0 spiro atoms. The number of rotatable bonds is 3. The molecule has 0 aliphatic carbocycles. The van der Waals surface area contributed by atoms with E-state index in [-0.39, 0.29) is 12.2 Å². The lowest BCUT2D eigenvalue weighted by atomic mass is 10.0. The number of halogens is 1. The second-order valence-corrected chi connectivity index (χ2v) is 4.08. The van der Waals surface area contributed by atoms with Crippen molar-refractivity contribution in [2.24, 2.45) is 7.05 Å². The van der Waals surface area contributed by atoms with Gasteiger partial charge in [-0.1, -0.05) is 18.2 Å². The van der Waals surface area contributed by atoms with Gasteiger partial charge in [-0.3, -0.25) is 9.48 Å². The van der Waals surface area contributed by atoms with E-state index in [9.17, 15) is 9.18 Å². The van der Waals surface area contributed by atoms with Crippen LogP contribution in [0.2, 0.25) is 0 Å². The Morgan fingerprint density at radius 2 is 2.11 bits per heavy atom. The third-order valence-corrected chi connectivity index (χ3v) is 2.80. The van der Waals surface area contributed by atoms with Crippen molar-refractivity contribution in [2.75, 3.05) is 0 Å². The number of benzene rings is 1. The maximum absolute atomic E-state index is 13.8. The van der Waals surface area contributed by atoms with E-state index in [4.69, 9.17) is 5.11 Å². The third kappa shape index (κ3) is 2.11. The Hall–Kier alpha value is -2.17. The third-order valence-electron chi connectivity index (χ3n) is 2.80.